The quantitative estimate of drug-likeness (QED) is 0.713. The molecule has 0 fully saturated rings. The van der Waals surface area contributed by atoms with E-state index in [1.807, 2.05) is 11.3 Å². The molecule has 0 amide bonds. The molecule has 4 heteroatoms. The zero-order chi connectivity index (χ0) is 12.7. The van der Waals surface area contributed by atoms with Crippen molar-refractivity contribution in [3.8, 4) is 0 Å². The molecule has 1 aromatic heterocycles. The number of rotatable bonds is 8. The lowest BCUT2D eigenvalue weighted by molar-refractivity contribution is 0.111. The van der Waals surface area contributed by atoms with Crippen LogP contribution in [-0.2, 0) is 11.3 Å². The number of thiophene rings is 1. The van der Waals surface area contributed by atoms with Crippen LogP contribution >= 0.6 is 27.3 Å². The van der Waals surface area contributed by atoms with Crippen LogP contribution in [0, 0.1) is 0 Å². The van der Waals surface area contributed by atoms with Crippen molar-refractivity contribution in [2.24, 2.45) is 0 Å². The summed E-state index contributed by atoms with van der Waals surface area (Å²) in [5.74, 6) is 0. The largest absolute Gasteiger partial charge is 0.383 e. The first-order chi connectivity index (χ1) is 8.21. The molecule has 0 bridgehead atoms. The summed E-state index contributed by atoms with van der Waals surface area (Å²) in [6.45, 7) is 7.38. The summed E-state index contributed by atoms with van der Waals surface area (Å²) >= 11 is 5.33. The van der Waals surface area contributed by atoms with Crippen LogP contribution in [0.25, 0.3) is 0 Å². The van der Waals surface area contributed by atoms with Gasteiger partial charge in [0, 0.05) is 41.0 Å². The van der Waals surface area contributed by atoms with E-state index in [1.54, 1.807) is 7.11 Å². The average Bonchev–Trinajstić information content (AvgIpc) is 2.73. The number of ether oxygens (including phenoxy) is 1. The second-order valence-electron chi connectivity index (χ2n) is 4.16. The number of hydrogen-bond acceptors (Lipinski definition) is 3. The Hall–Kier alpha value is 0.1000. The van der Waals surface area contributed by atoms with E-state index in [9.17, 15) is 0 Å². The highest BCUT2D eigenvalue weighted by atomic mass is 79.9. The molecule has 0 atom stereocenters. The molecule has 17 heavy (non-hydrogen) atoms. The van der Waals surface area contributed by atoms with Gasteiger partial charge in [0.25, 0.3) is 0 Å². The molecule has 0 aliphatic rings. The van der Waals surface area contributed by atoms with Crippen molar-refractivity contribution in [2.75, 3.05) is 20.3 Å². The van der Waals surface area contributed by atoms with Gasteiger partial charge in [0.2, 0.25) is 0 Å². The van der Waals surface area contributed by atoms with Crippen molar-refractivity contribution in [1.82, 2.24) is 4.90 Å². The highest BCUT2D eigenvalue weighted by molar-refractivity contribution is 9.10. The molecule has 0 saturated carbocycles. The van der Waals surface area contributed by atoms with Crippen LogP contribution in [0.3, 0.4) is 0 Å². The third-order valence-electron chi connectivity index (χ3n) is 3.02. The fourth-order valence-corrected chi connectivity index (χ4v) is 3.52. The van der Waals surface area contributed by atoms with E-state index in [4.69, 9.17) is 4.74 Å². The minimum atomic E-state index is 0.658. The Morgan fingerprint density at radius 2 is 2.12 bits per heavy atom. The van der Waals surface area contributed by atoms with Crippen LogP contribution in [0.2, 0.25) is 0 Å². The van der Waals surface area contributed by atoms with Crippen LogP contribution in [-0.4, -0.2) is 31.2 Å². The predicted octanol–water partition coefficient (Wildman–Crippen LogP) is 4.15. The summed E-state index contributed by atoms with van der Waals surface area (Å²) in [4.78, 5) is 3.95. The van der Waals surface area contributed by atoms with Crippen molar-refractivity contribution in [3.63, 3.8) is 0 Å². The molecule has 0 unspecified atom stereocenters. The average molecular weight is 320 g/mol. The molecule has 98 valence electrons. The lowest BCUT2D eigenvalue weighted by Gasteiger charge is -2.29. The Kier molecular flexibility index (Phi) is 7.35. The predicted molar refractivity (Wildman–Crippen MR) is 78.7 cm³/mol. The van der Waals surface area contributed by atoms with E-state index in [2.05, 4.69) is 46.1 Å². The molecule has 0 aromatic carbocycles. The summed E-state index contributed by atoms with van der Waals surface area (Å²) in [7, 11) is 1.77. The number of methoxy groups -OCH3 is 1. The number of nitrogens with zero attached hydrogens (tertiary/aromatic N) is 1. The van der Waals surface area contributed by atoms with Gasteiger partial charge in [0.05, 0.1) is 6.61 Å². The normalized spacial score (nSPS) is 11.6. The summed E-state index contributed by atoms with van der Waals surface area (Å²) in [6.07, 6.45) is 2.40. The molecule has 1 heterocycles. The first kappa shape index (κ1) is 15.2. The maximum absolute atomic E-state index is 5.21. The molecule has 0 N–H and O–H groups in total. The second-order valence-corrected chi connectivity index (χ2v) is 6.08. The standard InChI is InChI=1S/C13H22BrNOS/c1-4-12(5-2)15(6-7-16-3)9-13-8-11(14)10-17-13/h8,10,12H,4-7,9H2,1-3H3. The molecule has 2 nitrogen and oxygen atoms in total. The minimum Gasteiger partial charge on any atom is -0.383 e. The van der Waals surface area contributed by atoms with E-state index in [1.165, 1.54) is 22.2 Å². The van der Waals surface area contributed by atoms with E-state index < -0.39 is 0 Å². The van der Waals surface area contributed by atoms with Crippen LogP contribution in [0.4, 0.5) is 0 Å². The Bertz CT molecular complexity index is 312. The zero-order valence-corrected chi connectivity index (χ0v) is 13.3. The van der Waals surface area contributed by atoms with Gasteiger partial charge in [-0.15, -0.1) is 11.3 Å². The minimum absolute atomic E-state index is 0.658. The molecule has 0 aliphatic heterocycles. The molecule has 1 aromatic rings. The first-order valence-electron chi connectivity index (χ1n) is 6.17. The van der Waals surface area contributed by atoms with E-state index in [0.717, 1.165) is 19.7 Å². The van der Waals surface area contributed by atoms with Gasteiger partial charge < -0.3 is 4.74 Å². The maximum Gasteiger partial charge on any atom is 0.0589 e. The molecule has 0 saturated heterocycles. The summed E-state index contributed by atoms with van der Waals surface area (Å²) in [6, 6.07) is 2.87. The van der Waals surface area contributed by atoms with Gasteiger partial charge in [-0.25, -0.2) is 0 Å². The molecule has 0 aliphatic carbocycles. The van der Waals surface area contributed by atoms with Gasteiger partial charge in [0.1, 0.15) is 0 Å². The lowest BCUT2D eigenvalue weighted by atomic mass is 10.1. The zero-order valence-electron chi connectivity index (χ0n) is 10.9. The van der Waals surface area contributed by atoms with E-state index >= 15 is 0 Å². The van der Waals surface area contributed by atoms with Crippen molar-refractivity contribution >= 4 is 27.3 Å². The Labute approximate surface area is 117 Å². The van der Waals surface area contributed by atoms with Gasteiger partial charge >= 0.3 is 0 Å². The second kappa shape index (κ2) is 8.25. The molecule has 0 radical (unpaired) electrons. The summed E-state index contributed by atoms with van der Waals surface area (Å²) < 4.78 is 6.40. The molecule has 1 rings (SSSR count). The first-order valence-corrected chi connectivity index (χ1v) is 7.84. The molecular formula is C13H22BrNOS. The third kappa shape index (κ3) is 5.08. The van der Waals surface area contributed by atoms with Gasteiger partial charge in [-0.1, -0.05) is 13.8 Å². The summed E-state index contributed by atoms with van der Waals surface area (Å²) in [5, 5.41) is 2.15. The lowest BCUT2D eigenvalue weighted by Crippen LogP contribution is -2.36. The van der Waals surface area contributed by atoms with Crippen molar-refractivity contribution in [2.45, 2.75) is 39.3 Å². The van der Waals surface area contributed by atoms with Crippen LogP contribution in [0.15, 0.2) is 15.9 Å². The van der Waals surface area contributed by atoms with Gasteiger partial charge in [-0.3, -0.25) is 4.90 Å². The van der Waals surface area contributed by atoms with Crippen LogP contribution < -0.4 is 0 Å². The van der Waals surface area contributed by atoms with Crippen molar-refractivity contribution in [3.05, 3.63) is 20.8 Å². The van der Waals surface area contributed by atoms with Gasteiger partial charge in [-0.2, -0.15) is 0 Å². The molecule has 0 spiro atoms. The monoisotopic (exact) mass is 319 g/mol. The van der Waals surface area contributed by atoms with Crippen LogP contribution in [0.1, 0.15) is 31.6 Å². The van der Waals surface area contributed by atoms with Gasteiger partial charge in [-0.05, 0) is 34.8 Å². The number of hydrogen-bond donors (Lipinski definition) is 0. The number of halogens is 1. The van der Waals surface area contributed by atoms with E-state index in [-0.39, 0.29) is 0 Å². The third-order valence-corrected chi connectivity index (χ3v) is 4.70. The van der Waals surface area contributed by atoms with Gasteiger partial charge in [0.15, 0.2) is 0 Å². The Morgan fingerprint density at radius 1 is 1.41 bits per heavy atom. The summed E-state index contributed by atoms with van der Waals surface area (Å²) in [5.41, 5.74) is 0. The smallest absolute Gasteiger partial charge is 0.0589 e. The fraction of sp³-hybridized carbons (Fsp3) is 0.692. The maximum atomic E-state index is 5.21. The topological polar surface area (TPSA) is 12.5 Å². The Balaban J connectivity index is 2.61. The highest BCUT2D eigenvalue weighted by Gasteiger charge is 2.15. The Morgan fingerprint density at radius 3 is 2.59 bits per heavy atom. The highest BCUT2D eigenvalue weighted by Crippen LogP contribution is 2.22. The molecular weight excluding hydrogens is 298 g/mol. The van der Waals surface area contributed by atoms with Crippen molar-refractivity contribution < 1.29 is 4.74 Å². The van der Waals surface area contributed by atoms with E-state index in [0.29, 0.717) is 6.04 Å². The fourth-order valence-electron chi connectivity index (χ4n) is 2.04. The SMILES string of the molecule is CCC(CC)N(CCOC)Cc1cc(Br)cs1. The van der Waals surface area contributed by atoms with Crippen LogP contribution in [0.5, 0.6) is 0 Å². The van der Waals surface area contributed by atoms with Crippen molar-refractivity contribution in [1.29, 1.82) is 0 Å².